The first kappa shape index (κ1) is 24.3. The molecular formula is C25H33N3O3. The Hall–Kier alpha value is -2.99. The second-order valence-electron chi connectivity index (χ2n) is 7.63. The number of ketones is 1. The highest BCUT2D eigenvalue weighted by Crippen LogP contribution is 2.14. The van der Waals surface area contributed by atoms with Gasteiger partial charge >= 0.3 is 0 Å². The lowest BCUT2D eigenvalue weighted by molar-refractivity contribution is -0.116. The van der Waals surface area contributed by atoms with Crippen LogP contribution in [0.4, 0.5) is 5.69 Å². The molecule has 0 atom stereocenters. The summed E-state index contributed by atoms with van der Waals surface area (Å²) in [6, 6.07) is 12.3. The molecule has 0 aliphatic rings. The lowest BCUT2D eigenvalue weighted by Gasteiger charge is -2.18. The average molecular weight is 424 g/mol. The van der Waals surface area contributed by atoms with E-state index >= 15 is 0 Å². The van der Waals surface area contributed by atoms with Gasteiger partial charge in [-0.05, 0) is 68.4 Å². The van der Waals surface area contributed by atoms with Crippen LogP contribution in [-0.2, 0) is 4.79 Å². The van der Waals surface area contributed by atoms with E-state index in [-0.39, 0.29) is 30.4 Å². The van der Waals surface area contributed by atoms with Gasteiger partial charge in [0.15, 0.2) is 5.78 Å². The molecule has 0 bridgehead atoms. The first-order valence-electron chi connectivity index (χ1n) is 10.8. The van der Waals surface area contributed by atoms with Gasteiger partial charge in [-0.1, -0.05) is 26.0 Å². The van der Waals surface area contributed by atoms with Crippen LogP contribution in [0.1, 0.15) is 58.5 Å². The summed E-state index contributed by atoms with van der Waals surface area (Å²) >= 11 is 0. The molecule has 0 unspecified atom stereocenters. The number of likely N-dealkylation sites (N-methyl/N-ethyl adjacent to an activating group) is 1. The average Bonchev–Trinajstić information content (AvgIpc) is 2.77. The second-order valence-corrected chi connectivity index (χ2v) is 7.63. The summed E-state index contributed by atoms with van der Waals surface area (Å²) in [6.45, 7) is 11.5. The van der Waals surface area contributed by atoms with Crippen LogP contribution in [0.25, 0.3) is 0 Å². The summed E-state index contributed by atoms with van der Waals surface area (Å²) in [6.07, 6.45) is 0.265. The molecule has 0 aromatic heterocycles. The van der Waals surface area contributed by atoms with E-state index in [1.807, 2.05) is 26.0 Å². The number of hydrogen-bond acceptors (Lipinski definition) is 4. The van der Waals surface area contributed by atoms with Crippen molar-refractivity contribution in [2.45, 2.75) is 40.5 Å². The van der Waals surface area contributed by atoms with E-state index in [0.717, 1.165) is 30.8 Å². The van der Waals surface area contributed by atoms with E-state index in [0.29, 0.717) is 23.4 Å². The number of carbonyl (C=O) groups is 3. The Kier molecular flexibility index (Phi) is 9.40. The number of Topliss-reactive ketones (excluding diaryl/α,β-unsaturated/α-hetero) is 1. The first-order chi connectivity index (χ1) is 14.8. The molecule has 2 aromatic rings. The maximum atomic E-state index is 12.3. The smallest absolute Gasteiger partial charge is 0.251 e. The van der Waals surface area contributed by atoms with Crippen LogP contribution in [0.15, 0.2) is 42.5 Å². The molecule has 2 rings (SSSR count). The summed E-state index contributed by atoms with van der Waals surface area (Å²) in [7, 11) is 0. The van der Waals surface area contributed by atoms with Gasteiger partial charge in [0.1, 0.15) is 0 Å². The van der Waals surface area contributed by atoms with Crippen molar-refractivity contribution in [1.29, 1.82) is 0 Å². The van der Waals surface area contributed by atoms with E-state index in [2.05, 4.69) is 29.4 Å². The van der Waals surface area contributed by atoms with Crippen molar-refractivity contribution in [1.82, 2.24) is 10.2 Å². The Morgan fingerprint density at radius 2 is 1.48 bits per heavy atom. The fourth-order valence-corrected chi connectivity index (χ4v) is 3.18. The maximum absolute atomic E-state index is 12.3. The van der Waals surface area contributed by atoms with Crippen LogP contribution in [0.3, 0.4) is 0 Å². The van der Waals surface area contributed by atoms with Crippen molar-refractivity contribution in [3.8, 4) is 0 Å². The molecular weight excluding hydrogens is 390 g/mol. The number of aryl methyl sites for hydroxylation is 2. The largest absolute Gasteiger partial charge is 0.351 e. The van der Waals surface area contributed by atoms with Gasteiger partial charge in [0.25, 0.3) is 5.91 Å². The number of amides is 2. The zero-order valence-corrected chi connectivity index (χ0v) is 19.0. The molecule has 2 amide bonds. The van der Waals surface area contributed by atoms with Crippen molar-refractivity contribution in [2.24, 2.45) is 0 Å². The number of nitrogens with zero attached hydrogens (tertiary/aromatic N) is 1. The third-order valence-corrected chi connectivity index (χ3v) is 5.45. The molecule has 0 spiro atoms. The first-order valence-corrected chi connectivity index (χ1v) is 10.8. The minimum absolute atomic E-state index is 0.0463. The Bertz CT molecular complexity index is 903. The third kappa shape index (κ3) is 7.64. The molecule has 6 nitrogen and oxygen atoms in total. The van der Waals surface area contributed by atoms with Gasteiger partial charge in [0, 0.05) is 42.7 Å². The molecule has 0 aliphatic carbocycles. The molecule has 6 heteroatoms. The molecule has 2 aromatic carbocycles. The van der Waals surface area contributed by atoms with Gasteiger partial charge in [0.2, 0.25) is 5.91 Å². The second kappa shape index (κ2) is 12.0. The number of nitrogens with one attached hydrogen (secondary N) is 2. The van der Waals surface area contributed by atoms with Gasteiger partial charge in [-0.25, -0.2) is 0 Å². The van der Waals surface area contributed by atoms with Crippen molar-refractivity contribution >= 4 is 23.3 Å². The summed E-state index contributed by atoms with van der Waals surface area (Å²) in [5, 5.41) is 5.69. The molecule has 0 saturated heterocycles. The fourth-order valence-electron chi connectivity index (χ4n) is 3.18. The molecule has 2 N–H and O–H groups in total. The van der Waals surface area contributed by atoms with E-state index in [1.54, 1.807) is 30.3 Å². The topological polar surface area (TPSA) is 78.5 Å². The monoisotopic (exact) mass is 423 g/mol. The fraction of sp³-hybridized carbons (Fsp3) is 0.400. The third-order valence-electron chi connectivity index (χ3n) is 5.45. The Balaban J connectivity index is 1.79. The van der Waals surface area contributed by atoms with Crippen molar-refractivity contribution in [2.75, 3.05) is 31.5 Å². The molecule has 0 fully saturated rings. The molecule has 31 heavy (non-hydrogen) atoms. The summed E-state index contributed by atoms with van der Waals surface area (Å²) in [5.41, 5.74) is 3.97. The van der Waals surface area contributed by atoms with Crippen LogP contribution >= 0.6 is 0 Å². The standard InChI is InChI=1S/C25H33N3O3/c1-5-28(6-2)16-15-26-25(31)20-9-11-22(12-10-20)27-24(30)14-13-23(29)21-8-7-18(3)19(4)17-21/h7-12,17H,5-6,13-16H2,1-4H3,(H,26,31)(H,27,30). The minimum atomic E-state index is -0.228. The zero-order chi connectivity index (χ0) is 22.8. The van der Waals surface area contributed by atoms with E-state index in [4.69, 9.17) is 0 Å². The van der Waals surface area contributed by atoms with Crippen molar-refractivity contribution < 1.29 is 14.4 Å². The highest BCUT2D eigenvalue weighted by atomic mass is 16.2. The molecule has 166 valence electrons. The Labute approximate surface area is 185 Å². The van der Waals surface area contributed by atoms with Gasteiger partial charge in [-0.15, -0.1) is 0 Å². The molecule has 0 saturated carbocycles. The molecule has 0 aliphatic heterocycles. The van der Waals surface area contributed by atoms with E-state index < -0.39 is 0 Å². The Morgan fingerprint density at radius 3 is 2.10 bits per heavy atom. The maximum Gasteiger partial charge on any atom is 0.251 e. The quantitative estimate of drug-likeness (QED) is 0.536. The highest BCUT2D eigenvalue weighted by Gasteiger charge is 2.11. The van der Waals surface area contributed by atoms with E-state index in [1.165, 1.54) is 0 Å². The van der Waals surface area contributed by atoms with Crippen LogP contribution in [0.2, 0.25) is 0 Å². The number of carbonyl (C=O) groups excluding carboxylic acids is 3. The van der Waals surface area contributed by atoms with E-state index in [9.17, 15) is 14.4 Å². The molecule has 0 radical (unpaired) electrons. The summed E-state index contributed by atoms with van der Waals surface area (Å²) < 4.78 is 0. The van der Waals surface area contributed by atoms with Crippen molar-refractivity contribution in [3.05, 3.63) is 64.7 Å². The van der Waals surface area contributed by atoms with Crippen LogP contribution < -0.4 is 10.6 Å². The predicted octanol–water partition coefficient (Wildman–Crippen LogP) is 3.98. The van der Waals surface area contributed by atoms with Gasteiger partial charge in [0.05, 0.1) is 0 Å². The number of hydrogen-bond donors (Lipinski definition) is 2. The normalized spacial score (nSPS) is 10.7. The zero-order valence-electron chi connectivity index (χ0n) is 19.0. The summed E-state index contributed by atoms with van der Waals surface area (Å²) in [5.74, 6) is -0.410. The van der Waals surface area contributed by atoms with Crippen LogP contribution in [0.5, 0.6) is 0 Å². The van der Waals surface area contributed by atoms with Gasteiger partial charge < -0.3 is 15.5 Å². The van der Waals surface area contributed by atoms with Crippen LogP contribution in [-0.4, -0.2) is 48.7 Å². The van der Waals surface area contributed by atoms with Crippen molar-refractivity contribution in [3.63, 3.8) is 0 Å². The molecule has 0 heterocycles. The predicted molar refractivity (Wildman–Crippen MR) is 125 cm³/mol. The van der Waals surface area contributed by atoms with Gasteiger partial charge in [-0.2, -0.15) is 0 Å². The highest BCUT2D eigenvalue weighted by molar-refractivity contribution is 6.00. The number of anilines is 1. The SMILES string of the molecule is CCN(CC)CCNC(=O)c1ccc(NC(=O)CCC(=O)c2ccc(C)c(C)c2)cc1. The number of rotatable bonds is 11. The summed E-state index contributed by atoms with van der Waals surface area (Å²) in [4.78, 5) is 39.0. The minimum Gasteiger partial charge on any atom is -0.351 e. The number of benzene rings is 2. The lowest BCUT2D eigenvalue weighted by Crippen LogP contribution is -2.34. The van der Waals surface area contributed by atoms with Gasteiger partial charge in [-0.3, -0.25) is 14.4 Å². The Morgan fingerprint density at radius 1 is 0.839 bits per heavy atom. The van der Waals surface area contributed by atoms with Crippen LogP contribution in [0, 0.1) is 13.8 Å². The lowest BCUT2D eigenvalue weighted by atomic mass is 10.0.